The quantitative estimate of drug-likeness (QED) is 0.718. The number of carboxylic acids is 1. The molecule has 114 valence electrons. The van der Waals surface area contributed by atoms with E-state index in [0.717, 1.165) is 15.6 Å². The van der Waals surface area contributed by atoms with Crippen molar-refractivity contribution in [2.24, 2.45) is 12.5 Å². The van der Waals surface area contributed by atoms with Crippen molar-refractivity contribution in [1.29, 1.82) is 0 Å². The number of nitrogens with one attached hydrogen (secondary N) is 1. The first kappa shape index (κ1) is 15.0. The van der Waals surface area contributed by atoms with Crippen molar-refractivity contribution in [3.8, 4) is 0 Å². The Kier molecular flexibility index (Phi) is 3.97. The van der Waals surface area contributed by atoms with Gasteiger partial charge in [0.1, 0.15) is 6.54 Å². The summed E-state index contributed by atoms with van der Waals surface area (Å²) in [5, 5.41) is 11.7. The molecule has 0 radical (unpaired) electrons. The largest absolute Gasteiger partial charge is 0.481 e. The molecule has 0 bridgehead atoms. The molecule has 1 aliphatic rings. The van der Waals surface area contributed by atoms with Crippen LogP contribution in [0.4, 0.5) is 0 Å². The second kappa shape index (κ2) is 5.55. The molecule has 0 saturated heterocycles. The maximum absolute atomic E-state index is 11.8. The van der Waals surface area contributed by atoms with Gasteiger partial charge in [-0.05, 0) is 12.8 Å². The zero-order valence-electron chi connectivity index (χ0n) is 11.7. The fourth-order valence-electron chi connectivity index (χ4n) is 2.28. The van der Waals surface area contributed by atoms with E-state index in [1.54, 1.807) is 0 Å². The van der Waals surface area contributed by atoms with Gasteiger partial charge in [0.15, 0.2) is 0 Å². The number of carbonyl (C=O) groups excluding carboxylic acids is 1. The predicted molar refractivity (Wildman–Crippen MR) is 72.9 cm³/mol. The maximum Gasteiger partial charge on any atom is 0.331 e. The van der Waals surface area contributed by atoms with E-state index >= 15 is 0 Å². The van der Waals surface area contributed by atoms with Crippen molar-refractivity contribution in [2.75, 3.05) is 6.54 Å². The molecule has 21 heavy (non-hydrogen) atoms. The number of hydrogen-bond donors (Lipinski definition) is 2. The molecule has 1 heterocycles. The summed E-state index contributed by atoms with van der Waals surface area (Å²) in [4.78, 5) is 46.0. The molecule has 0 aromatic carbocycles. The van der Waals surface area contributed by atoms with Crippen LogP contribution >= 0.6 is 0 Å². The number of carbonyl (C=O) groups is 2. The molecular formula is C13H17N3O5. The third-order valence-electron chi connectivity index (χ3n) is 3.96. The summed E-state index contributed by atoms with van der Waals surface area (Å²) in [5.41, 5.74) is -1.91. The average molecular weight is 295 g/mol. The highest BCUT2D eigenvalue weighted by Gasteiger charge is 2.44. The Balaban J connectivity index is 2.00. The van der Waals surface area contributed by atoms with E-state index in [4.69, 9.17) is 5.11 Å². The van der Waals surface area contributed by atoms with Gasteiger partial charge in [-0.15, -0.1) is 0 Å². The van der Waals surface area contributed by atoms with Crippen LogP contribution in [-0.4, -0.2) is 32.7 Å². The lowest BCUT2D eigenvalue weighted by Crippen LogP contribution is -2.48. The fraction of sp³-hybridized carbons (Fsp3) is 0.538. The lowest BCUT2D eigenvalue weighted by atomic mass is 9.69. The Morgan fingerprint density at radius 1 is 1.38 bits per heavy atom. The minimum Gasteiger partial charge on any atom is -0.481 e. The lowest BCUT2D eigenvalue weighted by Gasteiger charge is -2.37. The molecule has 1 aliphatic carbocycles. The molecule has 0 unspecified atom stereocenters. The third-order valence-corrected chi connectivity index (χ3v) is 3.96. The number of carboxylic acid groups (broad SMARTS) is 1. The van der Waals surface area contributed by atoms with Gasteiger partial charge >= 0.3 is 11.7 Å². The van der Waals surface area contributed by atoms with Crippen molar-refractivity contribution in [1.82, 2.24) is 14.5 Å². The van der Waals surface area contributed by atoms with Crippen LogP contribution < -0.4 is 16.6 Å². The average Bonchev–Trinajstić information content (AvgIpc) is 2.38. The smallest absolute Gasteiger partial charge is 0.331 e. The molecule has 8 nitrogen and oxygen atoms in total. The molecule has 1 amide bonds. The first-order valence-electron chi connectivity index (χ1n) is 6.62. The minimum absolute atomic E-state index is 0.0572. The molecule has 0 atom stereocenters. The normalized spacial score (nSPS) is 16.0. The molecule has 2 N–H and O–H groups in total. The van der Waals surface area contributed by atoms with Gasteiger partial charge < -0.3 is 10.4 Å². The van der Waals surface area contributed by atoms with Gasteiger partial charge in [-0.3, -0.25) is 23.5 Å². The number of amides is 1. The highest BCUT2D eigenvalue weighted by Crippen LogP contribution is 2.40. The second-order valence-corrected chi connectivity index (χ2v) is 5.34. The molecule has 2 rings (SSSR count). The topological polar surface area (TPSA) is 110 Å². The van der Waals surface area contributed by atoms with Crippen LogP contribution in [0.15, 0.2) is 21.9 Å². The van der Waals surface area contributed by atoms with Crippen LogP contribution in [0.5, 0.6) is 0 Å². The van der Waals surface area contributed by atoms with E-state index in [9.17, 15) is 19.2 Å². The van der Waals surface area contributed by atoms with Gasteiger partial charge in [0.2, 0.25) is 5.91 Å². The Morgan fingerprint density at radius 3 is 2.57 bits per heavy atom. The third kappa shape index (κ3) is 2.88. The molecule has 0 spiro atoms. The minimum atomic E-state index is -0.909. The SMILES string of the molecule is Cn1c(=O)ccn(CC(=O)NCC2(C(=O)O)CCC2)c1=O. The van der Waals surface area contributed by atoms with Crippen LogP contribution in [0.25, 0.3) is 0 Å². The number of hydrogen-bond acceptors (Lipinski definition) is 4. The van der Waals surface area contributed by atoms with Crippen LogP contribution in [0.3, 0.4) is 0 Å². The van der Waals surface area contributed by atoms with Crippen LogP contribution in [-0.2, 0) is 23.2 Å². The van der Waals surface area contributed by atoms with Gasteiger partial charge in [0.05, 0.1) is 5.41 Å². The van der Waals surface area contributed by atoms with Gasteiger partial charge in [-0.25, -0.2) is 4.79 Å². The molecule has 1 aromatic heterocycles. The van der Waals surface area contributed by atoms with E-state index in [1.807, 2.05) is 0 Å². The summed E-state index contributed by atoms with van der Waals surface area (Å²) in [6.45, 7) is -0.190. The lowest BCUT2D eigenvalue weighted by molar-refractivity contribution is -0.154. The summed E-state index contributed by atoms with van der Waals surface area (Å²) in [6, 6.07) is 1.19. The summed E-state index contributed by atoms with van der Waals surface area (Å²) in [5.74, 6) is -1.36. The van der Waals surface area contributed by atoms with Crippen LogP contribution in [0, 0.1) is 5.41 Å². The zero-order valence-corrected chi connectivity index (χ0v) is 11.7. The molecular weight excluding hydrogens is 278 g/mol. The summed E-state index contributed by atoms with van der Waals surface area (Å²) in [7, 11) is 1.33. The summed E-state index contributed by atoms with van der Waals surface area (Å²) < 4.78 is 2.00. The van der Waals surface area contributed by atoms with Crippen LogP contribution in [0.2, 0.25) is 0 Å². The molecule has 8 heteroatoms. The van der Waals surface area contributed by atoms with E-state index in [0.29, 0.717) is 12.8 Å². The summed E-state index contributed by atoms with van der Waals surface area (Å²) in [6.07, 6.45) is 3.17. The number of aromatic nitrogens is 2. The van der Waals surface area contributed by atoms with E-state index in [2.05, 4.69) is 5.32 Å². The number of rotatable bonds is 5. The van der Waals surface area contributed by atoms with Crippen molar-refractivity contribution in [2.45, 2.75) is 25.8 Å². The van der Waals surface area contributed by atoms with Gasteiger partial charge in [-0.1, -0.05) is 6.42 Å². The van der Waals surface area contributed by atoms with E-state index in [1.165, 1.54) is 19.3 Å². The molecule has 1 fully saturated rings. The second-order valence-electron chi connectivity index (χ2n) is 5.34. The number of aliphatic carboxylic acids is 1. The van der Waals surface area contributed by atoms with Crippen LogP contribution in [0.1, 0.15) is 19.3 Å². The Hall–Kier alpha value is -2.38. The first-order chi connectivity index (χ1) is 9.85. The van der Waals surface area contributed by atoms with Crippen molar-refractivity contribution < 1.29 is 14.7 Å². The monoisotopic (exact) mass is 295 g/mol. The Bertz CT molecular complexity index is 684. The van der Waals surface area contributed by atoms with E-state index < -0.39 is 28.5 Å². The predicted octanol–water partition coefficient (Wildman–Crippen LogP) is -1.08. The highest BCUT2D eigenvalue weighted by atomic mass is 16.4. The van der Waals surface area contributed by atoms with Crippen molar-refractivity contribution in [3.63, 3.8) is 0 Å². The van der Waals surface area contributed by atoms with E-state index in [-0.39, 0.29) is 13.1 Å². The maximum atomic E-state index is 11.8. The van der Waals surface area contributed by atoms with Crippen molar-refractivity contribution >= 4 is 11.9 Å². The molecule has 0 aliphatic heterocycles. The van der Waals surface area contributed by atoms with Crippen molar-refractivity contribution in [3.05, 3.63) is 33.1 Å². The molecule has 1 saturated carbocycles. The summed E-state index contributed by atoms with van der Waals surface area (Å²) >= 11 is 0. The van der Waals surface area contributed by atoms with Gasteiger partial charge in [0.25, 0.3) is 5.56 Å². The van der Waals surface area contributed by atoms with Gasteiger partial charge in [-0.2, -0.15) is 0 Å². The highest BCUT2D eigenvalue weighted by molar-refractivity contribution is 5.79. The standard InChI is InChI=1S/C13H17N3O5/c1-15-10(18)3-6-16(12(15)21)7-9(17)14-8-13(11(19)20)4-2-5-13/h3,6H,2,4-5,7-8H2,1H3,(H,14,17)(H,19,20). The Morgan fingerprint density at radius 2 is 2.05 bits per heavy atom. The number of nitrogens with zero attached hydrogens (tertiary/aromatic N) is 2. The molecule has 1 aromatic rings. The van der Waals surface area contributed by atoms with Gasteiger partial charge in [0, 0.05) is 25.9 Å². The zero-order chi connectivity index (χ0) is 15.6. The first-order valence-corrected chi connectivity index (χ1v) is 6.62. The Labute approximate surface area is 120 Å². The fourth-order valence-corrected chi connectivity index (χ4v) is 2.28.